The maximum Gasteiger partial charge on any atom is 0.341 e. The van der Waals surface area contributed by atoms with Gasteiger partial charge < -0.3 is 10.1 Å². The van der Waals surface area contributed by atoms with Gasteiger partial charge in [-0.25, -0.2) is 17.5 Å². The highest BCUT2D eigenvalue weighted by atomic mass is 32.2. The molecule has 0 spiro atoms. The Hall–Kier alpha value is -2.27. The molecule has 0 atom stereocenters. The lowest BCUT2D eigenvalue weighted by atomic mass is 10.0. The Morgan fingerprint density at radius 2 is 1.87 bits per heavy atom. The second-order valence-corrected chi connectivity index (χ2v) is 10.6. The predicted octanol–water partition coefficient (Wildman–Crippen LogP) is 2.81. The van der Waals surface area contributed by atoms with Crippen LogP contribution in [0.1, 0.15) is 45.0 Å². The average molecular weight is 466 g/mol. The first-order valence-electron chi connectivity index (χ1n) is 10.1. The standard InChI is InChI=1S/C21H27N3O5S2/c1-5-24-12-11-16-17(13-24)30-20(18(16)21(26)29-6-2)22-19(25)14-7-9-15(10-8-14)31(27,28)23(3)4/h7-10H,5-6,11-13H2,1-4H3,(H,22,25). The van der Waals surface area contributed by atoms with Gasteiger partial charge in [0.25, 0.3) is 5.91 Å². The van der Waals surface area contributed by atoms with Crippen molar-refractivity contribution in [1.82, 2.24) is 9.21 Å². The molecule has 168 valence electrons. The second-order valence-electron chi connectivity index (χ2n) is 7.31. The molecular weight excluding hydrogens is 438 g/mol. The van der Waals surface area contributed by atoms with Gasteiger partial charge in [0.05, 0.1) is 17.1 Å². The van der Waals surface area contributed by atoms with Crippen LogP contribution in [0.5, 0.6) is 0 Å². The Labute approximate surface area is 186 Å². The summed E-state index contributed by atoms with van der Waals surface area (Å²) in [5.41, 5.74) is 1.67. The molecule has 1 aromatic carbocycles. The average Bonchev–Trinajstić information content (AvgIpc) is 3.10. The molecule has 3 rings (SSSR count). The van der Waals surface area contributed by atoms with E-state index in [1.54, 1.807) is 6.92 Å². The van der Waals surface area contributed by atoms with E-state index in [1.807, 2.05) is 0 Å². The SMILES string of the molecule is CCOC(=O)c1c(NC(=O)c2ccc(S(=O)(=O)N(C)C)cc2)sc2c1CCN(CC)C2. The van der Waals surface area contributed by atoms with Gasteiger partial charge in [-0.15, -0.1) is 11.3 Å². The first-order valence-corrected chi connectivity index (χ1v) is 12.3. The quantitative estimate of drug-likeness (QED) is 0.632. The summed E-state index contributed by atoms with van der Waals surface area (Å²) in [4.78, 5) is 28.9. The van der Waals surface area contributed by atoms with Crippen molar-refractivity contribution in [2.45, 2.75) is 31.7 Å². The highest BCUT2D eigenvalue weighted by Gasteiger charge is 2.29. The molecule has 0 bridgehead atoms. The zero-order valence-electron chi connectivity index (χ0n) is 18.1. The summed E-state index contributed by atoms with van der Waals surface area (Å²) in [7, 11) is -0.676. The fraction of sp³-hybridized carbons (Fsp3) is 0.429. The van der Waals surface area contributed by atoms with E-state index in [1.165, 1.54) is 49.7 Å². The number of likely N-dealkylation sites (N-methyl/N-ethyl adjacent to an activating group) is 1. The van der Waals surface area contributed by atoms with Crippen LogP contribution >= 0.6 is 11.3 Å². The smallest absolute Gasteiger partial charge is 0.341 e. The van der Waals surface area contributed by atoms with Crippen LogP contribution in [0.3, 0.4) is 0 Å². The largest absolute Gasteiger partial charge is 0.462 e. The molecule has 1 aliphatic rings. The van der Waals surface area contributed by atoms with Crippen LogP contribution in [0.25, 0.3) is 0 Å². The topological polar surface area (TPSA) is 96.0 Å². The number of esters is 1. The number of thiophene rings is 1. The highest BCUT2D eigenvalue weighted by Crippen LogP contribution is 2.38. The van der Waals surface area contributed by atoms with Gasteiger partial charge >= 0.3 is 5.97 Å². The summed E-state index contributed by atoms with van der Waals surface area (Å²) in [6, 6.07) is 5.72. The van der Waals surface area contributed by atoms with Crippen LogP contribution in [-0.2, 0) is 27.7 Å². The van der Waals surface area contributed by atoms with Crippen molar-refractivity contribution in [3.63, 3.8) is 0 Å². The van der Waals surface area contributed by atoms with Gasteiger partial charge in [-0.3, -0.25) is 9.69 Å². The summed E-state index contributed by atoms with van der Waals surface area (Å²) in [5, 5.41) is 3.31. The molecule has 1 aliphatic heterocycles. The number of anilines is 1. The number of carbonyl (C=O) groups excluding carboxylic acids is 2. The number of amides is 1. The molecule has 0 aliphatic carbocycles. The van der Waals surface area contributed by atoms with Crippen LogP contribution in [0.2, 0.25) is 0 Å². The third-order valence-electron chi connectivity index (χ3n) is 5.18. The molecule has 2 heterocycles. The van der Waals surface area contributed by atoms with Gasteiger partial charge in [0.1, 0.15) is 5.00 Å². The zero-order chi connectivity index (χ0) is 22.8. The van der Waals surface area contributed by atoms with Crippen LogP contribution in [-0.4, -0.2) is 63.3 Å². The van der Waals surface area contributed by atoms with Crippen LogP contribution in [0, 0.1) is 0 Å². The second kappa shape index (κ2) is 9.47. The van der Waals surface area contributed by atoms with Gasteiger partial charge in [0.15, 0.2) is 0 Å². The summed E-state index contributed by atoms with van der Waals surface area (Å²) < 4.78 is 30.8. The molecule has 1 N–H and O–H groups in total. The number of nitrogens with zero attached hydrogens (tertiary/aromatic N) is 2. The van der Waals surface area contributed by atoms with Crippen LogP contribution in [0.15, 0.2) is 29.2 Å². The Morgan fingerprint density at radius 3 is 2.45 bits per heavy atom. The van der Waals surface area contributed by atoms with E-state index < -0.39 is 21.9 Å². The van der Waals surface area contributed by atoms with Gasteiger partial charge in [-0.2, -0.15) is 0 Å². The van der Waals surface area contributed by atoms with E-state index in [0.717, 1.165) is 40.8 Å². The van der Waals surface area contributed by atoms with E-state index in [0.29, 0.717) is 16.1 Å². The lowest BCUT2D eigenvalue weighted by Crippen LogP contribution is -2.30. The minimum absolute atomic E-state index is 0.104. The molecule has 1 aromatic heterocycles. The number of nitrogens with one attached hydrogen (secondary N) is 1. The Balaban J connectivity index is 1.89. The van der Waals surface area contributed by atoms with Gasteiger partial charge in [0.2, 0.25) is 10.0 Å². The van der Waals surface area contributed by atoms with Crippen molar-refractivity contribution in [2.75, 3.05) is 39.1 Å². The fourth-order valence-electron chi connectivity index (χ4n) is 3.40. The summed E-state index contributed by atoms with van der Waals surface area (Å²) in [6.45, 7) is 6.58. The Bertz CT molecular complexity index is 1080. The Morgan fingerprint density at radius 1 is 1.19 bits per heavy atom. The van der Waals surface area contributed by atoms with Crippen molar-refractivity contribution in [3.05, 3.63) is 45.8 Å². The molecule has 0 radical (unpaired) electrons. The molecule has 0 unspecified atom stereocenters. The first-order chi connectivity index (χ1) is 14.7. The summed E-state index contributed by atoms with van der Waals surface area (Å²) in [5.74, 6) is -0.849. The van der Waals surface area contributed by atoms with Crippen molar-refractivity contribution < 1.29 is 22.7 Å². The van der Waals surface area contributed by atoms with Crippen LogP contribution in [0.4, 0.5) is 5.00 Å². The lowest BCUT2D eigenvalue weighted by molar-refractivity contribution is 0.0526. The van der Waals surface area contributed by atoms with E-state index >= 15 is 0 Å². The number of sulfonamides is 1. The van der Waals surface area contributed by atoms with Gasteiger partial charge in [0, 0.05) is 37.6 Å². The van der Waals surface area contributed by atoms with Crippen molar-refractivity contribution >= 4 is 38.2 Å². The number of rotatable bonds is 7. The zero-order valence-corrected chi connectivity index (χ0v) is 19.7. The number of hydrogen-bond acceptors (Lipinski definition) is 7. The number of hydrogen-bond donors (Lipinski definition) is 1. The number of fused-ring (bicyclic) bond motifs is 1. The molecule has 0 saturated heterocycles. The fourth-order valence-corrected chi connectivity index (χ4v) is 5.57. The molecule has 0 saturated carbocycles. The van der Waals surface area contributed by atoms with E-state index in [2.05, 4.69) is 17.1 Å². The third-order valence-corrected chi connectivity index (χ3v) is 8.15. The van der Waals surface area contributed by atoms with Gasteiger partial charge in [-0.05, 0) is 49.7 Å². The number of carbonyl (C=O) groups is 2. The number of ether oxygens (including phenoxy) is 1. The van der Waals surface area contributed by atoms with Gasteiger partial charge in [-0.1, -0.05) is 6.92 Å². The van der Waals surface area contributed by atoms with Crippen molar-refractivity contribution in [3.8, 4) is 0 Å². The van der Waals surface area contributed by atoms with E-state index in [-0.39, 0.29) is 11.5 Å². The maximum absolute atomic E-state index is 12.8. The van der Waals surface area contributed by atoms with E-state index in [4.69, 9.17) is 4.74 Å². The normalized spacial score (nSPS) is 14.4. The lowest BCUT2D eigenvalue weighted by Gasteiger charge is -2.25. The predicted molar refractivity (Wildman–Crippen MR) is 120 cm³/mol. The van der Waals surface area contributed by atoms with Crippen molar-refractivity contribution in [1.29, 1.82) is 0 Å². The molecular formula is C21H27N3O5S2. The molecule has 8 nitrogen and oxygen atoms in total. The molecule has 1 amide bonds. The monoisotopic (exact) mass is 465 g/mol. The first kappa shape index (κ1) is 23.4. The molecule has 31 heavy (non-hydrogen) atoms. The molecule has 2 aromatic rings. The van der Waals surface area contributed by atoms with E-state index in [9.17, 15) is 18.0 Å². The maximum atomic E-state index is 12.8. The van der Waals surface area contributed by atoms with Crippen LogP contribution < -0.4 is 5.32 Å². The Kier molecular flexibility index (Phi) is 7.15. The summed E-state index contributed by atoms with van der Waals surface area (Å²) >= 11 is 1.39. The molecule has 10 heteroatoms. The minimum Gasteiger partial charge on any atom is -0.462 e. The minimum atomic E-state index is -3.57. The van der Waals surface area contributed by atoms with Crippen molar-refractivity contribution in [2.24, 2.45) is 0 Å². The molecule has 0 fully saturated rings. The highest BCUT2D eigenvalue weighted by molar-refractivity contribution is 7.89. The number of benzene rings is 1. The summed E-state index contributed by atoms with van der Waals surface area (Å²) in [6.07, 6.45) is 0.723. The third kappa shape index (κ3) is 4.82.